The average molecular weight is 349 g/mol. The van der Waals surface area contributed by atoms with Gasteiger partial charge in [0.15, 0.2) is 0 Å². The molecule has 2 aromatic rings. The molecule has 1 saturated heterocycles. The highest BCUT2D eigenvalue weighted by Gasteiger charge is 2.30. The third-order valence-electron chi connectivity index (χ3n) is 4.79. The molecular formula is C16H21ClN6O. The van der Waals surface area contributed by atoms with Gasteiger partial charge in [-0.25, -0.2) is 9.97 Å². The first kappa shape index (κ1) is 15.8. The lowest BCUT2D eigenvalue weighted by atomic mass is 10.0. The zero-order chi connectivity index (χ0) is 16.5. The van der Waals surface area contributed by atoms with Crippen molar-refractivity contribution in [3.63, 3.8) is 0 Å². The van der Waals surface area contributed by atoms with Gasteiger partial charge in [-0.1, -0.05) is 11.6 Å². The maximum atomic E-state index is 5.85. The van der Waals surface area contributed by atoms with Gasteiger partial charge in [0.05, 0.1) is 24.0 Å². The molecule has 24 heavy (non-hydrogen) atoms. The Kier molecular flexibility index (Phi) is 4.37. The van der Waals surface area contributed by atoms with Crippen molar-refractivity contribution in [3.8, 4) is 0 Å². The number of halogens is 1. The van der Waals surface area contributed by atoms with Gasteiger partial charge in [-0.3, -0.25) is 4.90 Å². The van der Waals surface area contributed by atoms with Crippen molar-refractivity contribution >= 4 is 17.5 Å². The molecule has 1 aliphatic heterocycles. The van der Waals surface area contributed by atoms with Gasteiger partial charge in [-0.05, 0) is 25.7 Å². The summed E-state index contributed by atoms with van der Waals surface area (Å²) in [4.78, 5) is 13.1. The van der Waals surface area contributed by atoms with E-state index in [4.69, 9.17) is 16.0 Å². The third kappa shape index (κ3) is 3.52. The van der Waals surface area contributed by atoms with Gasteiger partial charge in [0.25, 0.3) is 0 Å². The molecule has 1 saturated carbocycles. The van der Waals surface area contributed by atoms with Crippen LogP contribution in [0.4, 0.5) is 5.95 Å². The number of anilines is 1. The largest absolute Gasteiger partial charge is 0.424 e. The van der Waals surface area contributed by atoms with E-state index in [1.165, 1.54) is 12.8 Å². The lowest BCUT2D eigenvalue weighted by Crippen LogP contribution is -2.43. The minimum absolute atomic E-state index is 0.437. The van der Waals surface area contributed by atoms with Crippen LogP contribution < -0.4 is 4.90 Å². The van der Waals surface area contributed by atoms with Crippen molar-refractivity contribution in [2.24, 2.45) is 0 Å². The molecule has 7 nitrogen and oxygen atoms in total. The normalized spacial score (nSPS) is 19.6. The Balaban J connectivity index is 1.30. The highest BCUT2D eigenvalue weighted by atomic mass is 35.5. The zero-order valence-electron chi connectivity index (χ0n) is 13.7. The minimum atomic E-state index is 0.437. The lowest BCUT2D eigenvalue weighted by Gasteiger charge is -2.36. The Morgan fingerprint density at radius 1 is 1.17 bits per heavy atom. The molecule has 128 valence electrons. The van der Waals surface area contributed by atoms with Crippen molar-refractivity contribution in [1.82, 2.24) is 25.1 Å². The SMILES string of the molecule is CN(c1ncc(Cl)cn1)C1CCN(Cc2nnc(C3CC3)o2)CC1. The summed E-state index contributed by atoms with van der Waals surface area (Å²) in [6.45, 7) is 2.75. The van der Waals surface area contributed by atoms with E-state index in [1.807, 2.05) is 7.05 Å². The van der Waals surface area contributed by atoms with E-state index in [0.29, 0.717) is 17.0 Å². The first-order chi connectivity index (χ1) is 11.7. The Labute approximate surface area is 146 Å². The van der Waals surface area contributed by atoms with Crippen molar-refractivity contribution in [1.29, 1.82) is 0 Å². The first-order valence-corrected chi connectivity index (χ1v) is 8.82. The van der Waals surface area contributed by atoms with E-state index in [2.05, 4.69) is 30.0 Å². The van der Waals surface area contributed by atoms with Crippen LogP contribution in [0, 0.1) is 0 Å². The molecule has 4 rings (SSSR count). The molecule has 3 heterocycles. The molecule has 0 aromatic carbocycles. The number of piperidine rings is 1. The van der Waals surface area contributed by atoms with Gasteiger partial charge < -0.3 is 9.32 Å². The summed E-state index contributed by atoms with van der Waals surface area (Å²) in [5, 5.41) is 8.90. The topological polar surface area (TPSA) is 71.2 Å². The van der Waals surface area contributed by atoms with Gasteiger partial charge >= 0.3 is 0 Å². The second-order valence-electron chi connectivity index (χ2n) is 6.63. The number of hydrogen-bond donors (Lipinski definition) is 0. The first-order valence-electron chi connectivity index (χ1n) is 8.44. The molecule has 0 radical (unpaired) electrons. The number of aromatic nitrogens is 4. The van der Waals surface area contributed by atoms with Crippen LogP contribution in [-0.2, 0) is 6.54 Å². The number of hydrogen-bond acceptors (Lipinski definition) is 7. The Morgan fingerprint density at radius 2 is 1.88 bits per heavy atom. The molecular weight excluding hydrogens is 328 g/mol. The van der Waals surface area contributed by atoms with Crippen LogP contribution >= 0.6 is 11.6 Å². The molecule has 2 fully saturated rings. The van der Waals surface area contributed by atoms with Gasteiger partial charge in [-0.2, -0.15) is 0 Å². The lowest BCUT2D eigenvalue weighted by molar-refractivity contribution is 0.185. The van der Waals surface area contributed by atoms with Crippen LogP contribution in [0.3, 0.4) is 0 Å². The maximum absolute atomic E-state index is 5.85. The highest BCUT2D eigenvalue weighted by molar-refractivity contribution is 6.30. The maximum Gasteiger partial charge on any atom is 0.230 e. The van der Waals surface area contributed by atoms with E-state index in [0.717, 1.165) is 50.2 Å². The van der Waals surface area contributed by atoms with E-state index in [-0.39, 0.29) is 0 Å². The fourth-order valence-corrected chi connectivity index (χ4v) is 3.23. The number of nitrogens with zero attached hydrogens (tertiary/aromatic N) is 6. The Morgan fingerprint density at radius 3 is 2.54 bits per heavy atom. The van der Waals surface area contributed by atoms with E-state index in [9.17, 15) is 0 Å². The van der Waals surface area contributed by atoms with Gasteiger partial charge in [0, 0.05) is 32.1 Å². The van der Waals surface area contributed by atoms with Crippen LogP contribution in [0.2, 0.25) is 5.02 Å². The zero-order valence-corrected chi connectivity index (χ0v) is 14.5. The summed E-state index contributed by atoms with van der Waals surface area (Å²) in [5.41, 5.74) is 0. The molecule has 8 heteroatoms. The van der Waals surface area contributed by atoms with Crippen molar-refractivity contribution in [3.05, 3.63) is 29.2 Å². The molecule has 0 bridgehead atoms. The van der Waals surface area contributed by atoms with Crippen molar-refractivity contribution < 1.29 is 4.42 Å². The molecule has 0 N–H and O–H groups in total. The molecule has 0 amide bonds. The Hall–Kier alpha value is -1.73. The molecule has 2 aliphatic rings. The second-order valence-corrected chi connectivity index (χ2v) is 7.06. The highest BCUT2D eigenvalue weighted by Crippen LogP contribution is 2.39. The van der Waals surface area contributed by atoms with Crippen LogP contribution in [-0.4, -0.2) is 51.2 Å². The number of rotatable bonds is 5. The fraction of sp³-hybridized carbons (Fsp3) is 0.625. The fourth-order valence-electron chi connectivity index (χ4n) is 3.13. The van der Waals surface area contributed by atoms with Crippen LogP contribution in [0.1, 0.15) is 43.4 Å². The third-order valence-corrected chi connectivity index (χ3v) is 4.99. The predicted octanol–water partition coefficient (Wildman–Crippen LogP) is 2.49. The molecule has 0 spiro atoms. The standard InChI is InChI=1S/C16H21ClN6O/c1-22(16-18-8-12(17)9-19-16)13-4-6-23(7-5-13)10-14-20-21-15(24-14)11-2-3-11/h8-9,11,13H,2-7,10H2,1H3. The van der Waals surface area contributed by atoms with E-state index in [1.54, 1.807) is 12.4 Å². The van der Waals surface area contributed by atoms with Gasteiger partial charge in [-0.15, -0.1) is 10.2 Å². The van der Waals surface area contributed by atoms with E-state index >= 15 is 0 Å². The van der Waals surface area contributed by atoms with Crippen molar-refractivity contribution in [2.45, 2.75) is 44.2 Å². The summed E-state index contributed by atoms with van der Waals surface area (Å²) >= 11 is 5.85. The molecule has 0 atom stereocenters. The van der Waals surface area contributed by atoms with Crippen LogP contribution in [0.5, 0.6) is 0 Å². The summed E-state index contributed by atoms with van der Waals surface area (Å²) in [6.07, 6.45) is 7.78. The quantitative estimate of drug-likeness (QED) is 0.822. The average Bonchev–Trinajstić information content (AvgIpc) is 3.36. The molecule has 1 aliphatic carbocycles. The predicted molar refractivity (Wildman–Crippen MR) is 90.0 cm³/mol. The van der Waals surface area contributed by atoms with Crippen molar-refractivity contribution in [2.75, 3.05) is 25.0 Å². The van der Waals surface area contributed by atoms with E-state index < -0.39 is 0 Å². The molecule has 0 unspecified atom stereocenters. The van der Waals surface area contributed by atoms with Crippen LogP contribution in [0.15, 0.2) is 16.8 Å². The smallest absolute Gasteiger partial charge is 0.230 e. The monoisotopic (exact) mass is 348 g/mol. The summed E-state index contributed by atoms with van der Waals surface area (Å²) in [7, 11) is 2.05. The summed E-state index contributed by atoms with van der Waals surface area (Å²) in [6, 6.07) is 0.437. The van der Waals surface area contributed by atoms with Crippen LogP contribution in [0.25, 0.3) is 0 Å². The Bertz CT molecular complexity index is 678. The molecule has 2 aromatic heterocycles. The number of likely N-dealkylation sites (tertiary alicyclic amines) is 1. The summed E-state index contributed by atoms with van der Waals surface area (Å²) in [5.74, 6) is 2.80. The van der Waals surface area contributed by atoms with Gasteiger partial charge in [0.2, 0.25) is 17.7 Å². The van der Waals surface area contributed by atoms with Gasteiger partial charge in [0.1, 0.15) is 0 Å². The summed E-state index contributed by atoms with van der Waals surface area (Å²) < 4.78 is 5.76. The minimum Gasteiger partial charge on any atom is -0.424 e. The second kappa shape index (κ2) is 6.64.